The molecule has 1 aromatic rings. The fourth-order valence-electron chi connectivity index (χ4n) is 5.47. The number of amides is 3. The average Bonchev–Trinajstić information content (AvgIpc) is 3.00. The smallest absolute Gasteiger partial charge is 0.258 e. The van der Waals surface area contributed by atoms with Gasteiger partial charge in [-0.2, -0.15) is 0 Å². The summed E-state index contributed by atoms with van der Waals surface area (Å²) >= 11 is 0. The van der Waals surface area contributed by atoms with E-state index in [9.17, 15) is 14.4 Å². The van der Waals surface area contributed by atoms with E-state index in [-0.39, 0.29) is 24.3 Å². The van der Waals surface area contributed by atoms with Crippen molar-refractivity contribution in [3.05, 3.63) is 29.8 Å². The third-order valence-corrected chi connectivity index (χ3v) is 6.74. The molecule has 162 valence electrons. The van der Waals surface area contributed by atoms with Crippen molar-refractivity contribution in [2.75, 3.05) is 37.6 Å². The number of nitrogens with zero attached hydrogens (tertiary/aromatic N) is 3. The van der Waals surface area contributed by atoms with E-state index in [2.05, 4.69) is 24.1 Å². The van der Waals surface area contributed by atoms with Crippen LogP contribution in [0.3, 0.4) is 0 Å². The average molecular weight is 413 g/mol. The zero-order valence-electron chi connectivity index (χ0n) is 18.2. The van der Waals surface area contributed by atoms with Crippen molar-refractivity contribution < 1.29 is 14.4 Å². The lowest BCUT2D eigenvalue weighted by Gasteiger charge is -2.48. The number of rotatable bonds is 5. The molecule has 3 unspecified atom stereocenters. The van der Waals surface area contributed by atoms with Gasteiger partial charge < -0.3 is 15.1 Å². The van der Waals surface area contributed by atoms with E-state index in [0.717, 1.165) is 19.6 Å². The first-order valence-electron chi connectivity index (χ1n) is 11.0. The van der Waals surface area contributed by atoms with Crippen molar-refractivity contribution in [1.29, 1.82) is 0 Å². The zero-order valence-corrected chi connectivity index (χ0v) is 18.2. The van der Waals surface area contributed by atoms with E-state index >= 15 is 0 Å². The molecule has 0 aromatic heterocycles. The van der Waals surface area contributed by atoms with Gasteiger partial charge in [0.25, 0.3) is 5.91 Å². The predicted octanol–water partition coefficient (Wildman–Crippen LogP) is 2.08. The van der Waals surface area contributed by atoms with Crippen LogP contribution in [0.4, 0.5) is 5.69 Å². The van der Waals surface area contributed by atoms with E-state index in [0.29, 0.717) is 42.5 Å². The number of piperidine rings is 1. The third kappa shape index (κ3) is 3.71. The SMILES string of the molecule is CC1CC(C)CN(CCNC(=O)CN2C(=O)c3ccccc3N3C(=O)CCC23C)C1. The molecule has 7 nitrogen and oxygen atoms in total. The van der Waals surface area contributed by atoms with Crippen LogP contribution < -0.4 is 10.2 Å². The molecule has 3 aliphatic rings. The van der Waals surface area contributed by atoms with E-state index in [1.54, 1.807) is 21.9 Å². The van der Waals surface area contributed by atoms with E-state index < -0.39 is 5.66 Å². The molecule has 7 heteroatoms. The number of likely N-dealkylation sites (tertiary alicyclic amines) is 1. The molecule has 4 rings (SSSR count). The first-order chi connectivity index (χ1) is 14.3. The summed E-state index contributed by atoms with van der Waals surface area (Å²) in [5.41, 5.74) is 0.337. The maximum absolute atomic E-state index is 13.2. The number of fused-ring (bicyclic) bond motifs is 3. The molecule has 30 heavy (non-hydrogen) atoms. The molecular weight excluding hydrogens is 380 g/mol. The maximum Gasteiger partial charge on any atom is 0.258 e. The minimum absolute atomic E-state index is 0.00352. The van der Waals surface area contributed by atoms with Crippen LogP contribution in [0.2, 0.25) is 0 Å². The fourth-order valence-corrected chi connectivity index (χ4v) is 5.47. The second-order valence-corrected chi connectivity index (χ2v) is 9.41. The number of nitrogens with one attached hydrogen (secondary N) is 1. The highest BCUT2D eigenvalue weighted by atomic mass is 16.2. The number of carbonyl (C=O) groups excluding carboxylic acids is 3. The third-order valence-electron chi connectivity index (χ3n) is 6.74. The highest BCUT2D eigenvalue weighted by Crippen LogP contribution is 2.43. The number of carbonyl (C=O) groups is 3. The summed E-state index contributed by atoms with van der Waals surface area (Å²) in [5.74, 6) is 0.994. The Kier molecular flexibility index (Phi) is 5.57. The summed E-state index contributed by atoms with van der Waals surface area (Å²) in [6.07, 6.45) is 2.17. The van der Waals surface area contributed by atoms with Crippen LogP contribution in [0, 0.1) is 11.8 Å². The standard InChI is InChI=1S/C23H32N4O3/c1-16-12-17(2)14-25(13-16)11-10-24-20(28)15-26-22(30)18-6-4-5-7-19(18)27-21(29)8-9-23(26,27)3/h4-7,16-17H,8-15H2,1-3H3,(H,24,28). The first-order valence-corrected chi connectivity index (χ1v) is 11.0. The number of anilines is 1. The lowest BCUT2D eigenvalue weighted by atomic mass is 9.92. The molecule has 3 atom stereocenters. The summed E-state index contributed by atoms with van der Waals surface area (Å²) < 4.78 is 0. The number of benzene rings is 1. The van der Waals surface area contributed by atoms with Crippen molar-refractivity contribution in [2.45, 2.75) is 45.7 Å². The largest absolute Gasteiger partial charge is 0.353 e. The van der Waals surface area contributed by atoms with E-state index in [1.807, 2.05) is 19.1 Å². The summed E-state index contributed by atoms with van der Waals surface area (Å²) in [5, 5.41) is 2.98. The molecule has 0 saturated carbocycles. The molecule has 0 spiro atoms. The molecule has 3 aliphatic heterocycles. The van der Waals surface area contributed by atoms with Gasteiger partial charge in [-0.25, -0.2) is 0 Å². The summed E-state index contributed by atoms with van der Waals surface area (Å²) in [4.78, 5) is 44.2. The fraction of sp³-hybridized carbons (Fsp3) is 0.609. The van der Waals surface area contributed by atoms with Crippen LogP contribution in [0.1, 0.15) is 50.4 Å². The van der Waals surface area contributed by atoms with Crippen LogP contribution >= 0.6 is 0 Å². The molecule has 3 heterocycles. The van der Waals surface area contributed by atoms with Gasteiger partial charge in [-0.3, -0.25) is 19.3 Å². The van der Waals surface area contributed by atoms with Crippen molar-refractivity contribution in [3.8, 4) is 0 Å². The lowest BCUT2D eigenvalue weighted by molar-refractivity contribution is -0.124. The van der Waals surface area contributed by atoms with Crippen LogP contribution in [0.5, 0.6) is 0 Å². The van der Waals surface area contributed by atoms with Gasteiger partial charge in [-0.15, -0.1) is 0 Å². The summed E-state index contributed by atoms with van der Waals surface area (Å²) in [7, 11) is 0. The van der Waals surface area contributed by atoms with Crippen LogP contribution in [0.15, 0.2) is 24.3 Å². The second-order valence-electron chi connectivity index (χ2n) is 9.41. The van der Waals surface area contributed by atoms with Crippen molar-refractivity contribution in [3.63, 3.8) is 0 Å². The Balaban J connectivity index is 1.42. The highest BCUT2D eigenvalue weighted by molar-refractivity contribution is 6.11. The molecule has 0 bridgehead atoms. The highest BCUT2D eigenvalue weighted by Gasteiger charge is 2.53. The minimum atomic E-state index is -0.794. The first kappa shape index (κ1) is 20.8. The Morgan fingerprint density at radius 2 is 1.87 bits per heavy atom. The van der Waals surface area contributed by atoms with Crippen molar-refractivity contribution >= 4 is 23.4 Å². The molecule has 3 amide bonds. The summed E-state index contributed by atoms with van der Waals surface area (Å²) in [6.45, 7) is 9.91. The molecule has 2 saturated heterocycles. The van der Waals surface area contributed by atoms with Crippen LogP contribution in [-0.2, 0) is 9.59 Å². The Labute approximate surface area is 178 Å². The quantitative estimate of drug-likeness (QED) is 0.804. The minimum Gasteiger partial charge on any atom is -0.353 e. The van der Waals surface area contributed by atoms with Gasteiger partial charge in [-0.1, -0.05) is 26.0 Å². The van der Waals surface area contributed by atoms with Crippen LogP contribution in [0.25, 0.3) is 0 Å². The normalized spacial score (nSPS) is 29.0. The van der Waals surface area contributed by atoms with Crippen molar-refractivity contribution in [2.24, 2.45) is 11.8 Å². The van der Waals surface area contributed by atoms with Gasteiger partial charge >= 0.3 is 0 Å². The van der Waals surface area contributed by atoms with Crippen molar-refractivity contribution in [1.82, 2.24) is 15.1 Å². The number of hydrogen-bond donors (Lipinski definition) is 1. The maximum atomic E-state index is 13.2. The van der Waals surface area contributed by atoms with E-state index in [4.69, 9.17) is 0 Å². The van der Waals surface area contributed by atoms with E-state index in [1.165, 1.54) is 6.42 Å². The molecular formula is C23H32N4O3. The Morgan fingerprint density at radius 3 is 2.60 bits per heavy atom. The monoisotopic (exact) mass is 412 g/mol. The second kappa shape index (κ2) is 8.02. The molecule has 0 radical (unpaired) electrons. The summed E-state index contributed by atoms with van der Waals surface area (Å²) in [6, 6.07) is 7.17. The van der Waals surface area contributed by atoms with Gasteiger partial charge in [0.15, 0.2) is 0 Å². The zero-order chi connectivity index (χ0) is 21.5. The lowest BCUT2D eigenvalue weighted by Crippen LogP contribution is -2.64. The van der Waals surface area contributed by atoms with Crippen LogP contribution in [-0.4, -0.2) is 65.9 Å². The van der Waals surface area contributed by atoms with Gasteiger partial charge in [0.2, 0.25) is 11.8 Å². The van der Waals surface area contributed by atoms with Gasteiger partial charge in [0, 0.05) is 32.6 Å². The Bertz CT molecular complexity index is 847. The predicted molar refractivity (Wildman–Crippen MR) is 115 cm³/mol. The molecule has 2 fully saturated rings. The van der Waals surface area contributed by atoms with Gasteiger partial charge in [0.1, 0.15) is 12.2 Å². The van der Waals surface area contributed by atoms with Gasteiger partial charge in [-0.05, 0) is 43.7 Å². The number of para-hydroxylation sites is 1. The molecule has 0 aliphatic carbocycles. The number of hydrogen-bond acceptors (Lipinski definition) is 4. The molecule has 1 aromatic carbocycles. The molecule has 1 N–H and O–H groups in total. The van der Waals surface area contributed by atoms with Gasteiger partial charge in [0.05, 0.1) is 11.3 Å². The Morgan fingerprint density at radius 1 is 1.17 bits per heavy atom. The Hall–Kier alpha value is -2.41. The topological polar surface area (TPSA) is 73.0 Å².